The summed E-state index contributed by atoms with van der Waals surface area (Å²) in [6.45, 7) is 0.802. The number of rotatable bonds is 3. The van der Waals surface area contributed by atoms with Crippen LogP contribution in [0, 0.1) is 0 Å². The standard InChI is InChI=1S/C22H21N3O6/c1-24-9-8-12-10-14-18(31-11-30-14)19(29-2)15(12)17(24)16-20(26)23-22(28)25(21(16)27)13-6-4-3-5-7-13/h3-7,10,17,27H,8-9,11H2,1-2H3,(H,23,26,28)/p+1/t17-/m1/s1. The normalized spacial score (nSPS) is 19.2. The fraction of sp³-hybridized carbons (Fsp3) is 0.273. The number of nitrogens with zero attached hydrogens (tertiary/aromatic N) is 1. The molecule has 0 bridgehead atoms. The number of hydrogen-bond donors (Lipinski definition) is 3. The third-order valence-electron chi connectivity index (χ3n) is 5.94. The van der Waals surface area contributed by atoms with E-state index in [2.05, 4.69) is 4.98 Å². The number of quaternary nitrogens is 1. The summed E-state index contributed by atoms with van der Waals surface area (Å²) in [4.78, 5) is 28.9. The molecule has 9 heteroatoms. The first-order valence-electron chi connectivity index (χ1n) is 9.96. The Kier molecular flexibility index (Phi) is 4.48. The summed E-state index contributed by atoms with van der Waals surface area (Å²) in [5.74, 6) is 1.16. The highest BCUT2D eigenvalue weighted by molar-refractivity contribution is 5.63. The van der Waals surface area contributed by atoms with Crippen molar-refractivity contribution in [2.75, 3.05) is 27.5 Å². The molecule has 2 aromatic carbocycles. The van der Waals surface area contributed by atoms with E-state index in [1.54, 1.807) is 30.3 Å². The van der Waals surface area contributed by atoms with E-state index in [1.807, 2.05) is 13.1 Å². The molecule has 1 unspecified atom stereocenters. The maximum Gasteiger partial charge on any atom is 0.335 e. The molecule has 0 radical (unpaired) electrons. The summed E-state index contributed by atoms with van der Waals surface area (Å²) in [6, 6.07) is 10.0. The number of aromatic amines is 1. The zero-order chi connectivity index (χ0) is 21.7. The highest BCUT2D eigenvalue weighted by Crippen LogP contribution is 2.48. The zero-order valence-electron chi connectivity index (χ0n) is 17.1. The summed E-state index contributed by atoms with van der Waals surface area (Å²) in [6.07, 6.45) is 0.738. The molecule has 0 spiro atoms. The fourth-order valence-corrected chi connectivity index (χ4v) is 4.53. The molecule has 0 fully saturated rings. The molecule has 3 heterocycles. The maximum atomic E-state index is 13.0. The summed E-state index contributed by atoms with van der Waals surface area (Å²) in [7, 11) is 3.47. The first kappa shape index (κ1) is 19.3. The van der Waals surface area contributed by atoms with E-state index in [0.717, 1.165) is 27.0 Å². The zero-order valence-corrected chi connectivity index (χ0v) is 17.1. The van der Waals surface area contributed by atoms with Gasteiger partial charge >= 0.3 is 5.69 Å². The van der Waals surface area contributed by atoms with E-state index in [9.17, 15) is 14.7 Å². The smallest absolute Gasteiger partial charge is 0.335 e. The molecule has 2 aliphatic heterocycles. The highest BCUT2D eigenvalue weighted by Gasteiger charge is 2.41. The van der Waals surface area contributed by atoms with Gasteiger partial charge in [0.1, 0.15) is 5.56 Å². The van der Waals surface area contributed by atoms with E-state index in [4.69, 9.17) is 14.2 Å². The van der Waals surface area contributed by atoms with Gasteiger partial charge in [-0.05, 0) is 23.8 Å². The predicted octanol–water partition coefficient (Wildman–Crippen LogP) is 0.129. The summed E-state index contributed by atoms with van der Waals surface area (Å²) in [5.41, 5.74) is 0.908. The minimum absolute atomic E-state index is 0.0899. The van der Waals surface area contributed by atoms with Crippen molar-refractivity contribution in [3.05, 3.63) is 73.9 Å². The Morgan fingerprint density at radius 1 is 1.19 bits per heavy atom. The highest BCUT2D eigenvalue weighted by atomic mass is 16.7. The van der Waals surface area contributed by atoms with Crippen LogP contribution >= 0.6 is 0 Å². The van der Waals surface area contributed by atoms with Crippen LogP contribution in [0.15, 0.2) is 46.0 Å². The lowest BCUT2D eigenvalue weighted by atomic mass is 9.87. The van der Waals surface area contributed by atoms with Crippen LogP contribution in [0.5, 0.6) is 23.1 Å². The van der Waals surface area contributed by atoms with Crippen LogP contribution in [0.4, 0.5) is 0 Å². The predicted molar refractivity (Wildman–Crippen MR) is 111 cm³/mol. The first-order valence-corrected chi connectivity index (χ1v) is 9.96. The van der Waals surface area contributed by atoms with Crippen molar-refractivity contribution in [3.8, 4) is 28.8 Å². The Labute approximate surface area is 177 Å². The van der Waals surface area contributed by atoms with Crippen LogP contribution < -0.4 is 30.4 Å². The second-order valence-electron chi connectivity index (χ2n) is 7.66. The van der Waals surface area contributed by atoms with Crippen LogP contribution in [0.1, 0.15) is 22.7 Å². The van der Waals surface area contributed by atoms with Gasteiger partial charge in [0.05, 0.1) is 32.0 Å². The molecule has 0 amide bonds. The number of para-hydroxylation sites is 1. The number of aromatic hydroxyl groups is 1. The Hall–Kier alpha value is -3.72. The van der Waals surface area contributed by atoms with E-state index < -0.39 is 23.2 Å². The quantitative estimate of drug-likeness (QED) is 0.552. The fourth-order valence-electron chi connectivity index (χ4n) is 4.53. The van der Waals surface area contributed by atoms with Crippen LogP contribution in [0.2, 0.25) is 0 Å². The molecule has 160 valence electrons. The van der Waals surface area contributed by atoms with Crippen LogP contribution in [-0.4, -0.2) is 42.2 Å². The van der Waals surface area contributed by atoms with Crippen LogP contribution in [0.3, 0.4) is 0 Å². The van der Waals surface area contributed by atoms with Gasteiger partial charge in [0.15, 0.2) is 17.5 Å². The van der Waals surface area contributed by atoms with E-state index in [0.29, 0.717) is 29.5 Å². The molecule has 0 saturated carbocycles. The lowest BCUT2D eigenvalue weighted by molar-refractivity contribution is -0.908. The molecule has 9 nitrogen and oxygen atoms in total. The number of nitrogens with one attached hydrogen (secondary N) is 2. The summed E-state index contributed by atoms with van der Waals surface area (Å²) in [5, 5.41) is 11.2. The van der Waals surface area contributed by atoms with Crippen molar-refractivity contribution in [1.29, 1.82) is 0 Å². The van der Waals surface area contributed by atoms with Gasteiger partial charge in [-0.15, -0.1) is 0 Å². The molecular weight excluding hydrogens is 402 g/mol. The van der Waals surface area contributed by atoms with Crippen LogP contribution in [0.25, 0.3) is 5.69 Å². The van der Waals surface area contributed by atoms with Crippen molar-refractivity contribution in [3.63, 3.8) is 0 Å². The van der Waals surface area contributed by atoms with Gasteiger partial charge in [-0.2, -0.15) is 0 Å². The molecular formula is C22H22N3O6+. The Morgan fingerprint density at radius 3 is 2.71 bits per heavy atom. The van der Waals surface area contributed by atoms with Gasteiger partial charge in [-0.3, -0.25) is 9.78 Å². The monoisotopic (exact) mass is 424 g/mol. The molecule has 3 N–H and O–H groups in total. The number of H-pyrrole nitrogens is 1. The van der Waals surface area contributed by atoms with Gasteiger partial charge in [-0.25, -0.2) is 9.36 Å². The van der Waals surface area contributed by atoms with Gasteiger partial charge in [0.2, 0.25) is 18.4 Å². The number of ether oxygens (including phenoxy) is 3. The third kappa shape index (κ3) is 2.89. The maximum absolute atomic E-state index is 13.0. The molecule has 3 aromatic rings. The molecule has 2 atom stereocenters. The van der Waals surface area contributed by atoms with Crippen LogP contribution in [-0.2, 0) is 6.42 Å². The number of methoxy groups -OCH3 is 1. The minimum Gasteiger partial charge on any atom is -0.494 e. The SMILES string of the molecule is COc1c2c(cc3c1[C@H](c1c(O)n(-c4ccccc4)c(=O)[nH]c1=O)[NH+](C)CC3)OCO2. The first-order chi connectivity index (χ1) is 15.0. The molecule has 31 heavy (non-hydrogen) atoms. The minimum atomic E-state index is -0.705. The summed E-state index contributed by atoms with van der Waals surface area (Å²) < 4.78 is 18.0. The van der Waals surface area contributed by atoms with Gasteiger partial charge in [-0.1, -0.05) is 18.2 Å². The third-order valence-corrected chi connectivity index (χ3v) is 5.94. The van der Waals surface area contributed by atoms with Crippen molar-refractivity contribution in [2.24, 2.45) is 0 Å². The molecule has 0 aliphatic carbocycles. The second-order valence-corrected chi connectivity index (χ2v) is 7.66. The van der Waals surface area contributed by atoms with Crippen molar-refractivity contribution >= 4 is 0 Å². The van der Waals surface area contributed by atoms with Gasteiger partial charge in [0.25, 0.3) is 5.56 Å². The number of likely N-dealkylation sites (N-methyl/N-ethyl adjacent to an activating group) is 1. The second kappa shape index (κ2) is 7.21. The number of benzene rings is 2. The van der Waals surface area contributed by atoms with Gasteiger partial charge in [0, 0.05) is 6.42 Å². The number of hydrogen-bond acceptors (Lipinski definition) is 6. The van der Waals surface area contributed by atoms with Gasteiger partial charge < -0.3 is 24.2 Å². The molecule has 1 aromatic heterocycles. The lowest BCUT2D eigenvalue weighted by Gasteiger charge is -2.33. The summed E-state index contributed by atoms with van der Waals surface area (Å²) >= 11 is 0. The van der Waals surface area contributed by atoms with E-state index in [-0.39, 0.29) is 12.4 Å². The lowest BCUT2D eigenvalue weighted by Crippen LogP contribution is -3.10. The van der Waals surface area contributed by atoms with Crippen molar-refractivity contribution in [1.82, 2.24) is 9.55 Å². The molecule has 0 saturated heterocycles. The average Bonchev–Trinajstić information content (AvgIpc) is 3.22. The molecule has 2 aliphatic rings. The largest absolute Gasteiger partial charge is 0.494 e. The Bertz CT molecular complexity index is 1280. The number of aromatic nitrogens is 2. The topological polar surface area (TPSA) is 107 Å². The molecule has 5 rings (SSSR count). The average molecular weight is 424 g/mol. The van der Waals surface area contributed by atoms with E-state index in [1.165, 1.54) is 7.11 Å². The van der Waals surface area contributed by atoms with E-state index >= 15 is 0 Å². The Morgan fingerprint density at radius 2 is 1.97 bits per heavy atom. The van der Waals surface area contributed by atoms with Crippen molar-refractivity contribution in [2.45, 2.75) is 12.5 Å². The Balaban J connectivity index is 1.80. The van der Waals surface area contributed by atoms with Crippen molar-refractivity contribution < 1.29 is 24.2 Å². The number of fused-ring (bicyclic) bond motifs is 2.